The summed E-state index contributed by atoms with van der Waals surface area (Å²) in [7, 11) is 0. The van der Waals surface area contributed by atoms with E-state index in [0.29, 0.717) is 0 Å². The number of rotatable bonds is 3. The third-order valence-electron chi connectivity index (χ3n) is 3.18. The fourth-order valence-electron chi connectivity index (χ4n) is 2.12. The van der Waals surface area contributed by atoms with Crippen LogP contribution in [0.5, 0.6) is 0 Å². The maximum atomic E-state index is 12.4. The molecule has 1 heterocycles. The summed E-state index contributed by atoms with van der Waals surface area (Å²) in [5, 5.41) is 2.76. The predicted molar refractivity (Wildman–Crippen MR) is 77.3 cm³/mol. The minimum Gasteiger partial charge on any atom is -0.342 e. The van der Waals surface area contributed by atoms with Crippen molar-refractivity contribution in [2.24, 2.45) is 5.92 Å². The van der Waals surface area contributed by atoms with E-state index in [1.54, 1.807) is 16.7 Å². The van der Waals surface area contributed by atoms with Gasteiger partial charge in [-0.25, -0.2) is 0 Å². The van der Waals surface area contributed by atoms with Gasteiger partial charge in [0.05, 0.1) is 0 Å². The molecule has 0 aromatic heterocycles. The van der Waals surface area contributed by atoms with Crippen LogP contribution in [-0.4, -0.2) is 30.7 Å². The summed E-state index contributed by atoms with van der Waals surface area (Å²) in [5.41, 5.74) is 0.789. The number of thioether (sulfide) groups is 1. The maximum Gasteiger partial charge on any atom is 0.250 e. The van der Waals surface area contributed by atoms with Crippen LogP contribution < -0.4 is 10.2 Å². The average Bonchev–Trinajstić information content (AvgIpc) is 2.40. The molecule has 1 saturated heterocycles. The van der Waals surface area contributed by atoms with Crippen molar-refractivity contribution in [2.45, 2.75) is 24.8 Å². The molecule has 0 radical (unpaired) electrons. The van der Waals surface area contributed by atoms with Crippen LogP contribution in [0.1, 0.15) is 13.8 Å². The Balaban J connectivity index is 2.31. The minimum absolute atomic E-state index is 0.0344. The van der Waals surface area contributed by atoms with Gasteiger partial charge in [0.1, 0.15) is 12.6 Å². The number of hydrogen-bond donors (Lipinski definition) is 1. The molecular formula is C14H18N2O2S. The lowest BCUT2D eigenvalue weighted by molar-refractivity contribution is -0.132. The molecule has 0 aliphatic carbocycles. The van der Waals surface area contributed by atoms with Crippen molar-refractivity contribution < 1.29 is 9.59 Å². The molecule has 0 spiro atoms. The molecule has 1 aromatic rings. The Morgan fingerprint density at radius 1 is 1.37 bits per heavy atom. The highest BCUT2D eigenvalue weighted by molar-refractivity contribution is 7.98. The molecular weight excluding hydrogens is 260 g/mol. The topological polar surface area (TPSA) is 49.4 Å². The molecule has 2 amide bonds. The predicted octanol–water partition coefficient (Wildman–Crippen LogP) is 1.90. The number of anilines is 1. The van der Waals surface area contributed by atoms with Crippen molar-refractivity contribution >= 4 is 29.3 Å². The summed E-state index contributed by atoms with van der Waals surface area (Å²) >= 11 is 1.62. The summed E-state index contributed by atoms with van der Waals surface area (Å²) in [6.07, 6.45) is 1.99. The summed E-state index contributed by atoms with van der Waals surface area (Å²) < 4.78 is 0. The second kappa shape index (κ2) is 5.65. The molecule has 1 aromatic carbocycles. The fraction of sp³-hybridized carbons (Fsp3) is 0.429. The van der Waals surface area contributed by atoms with Crippen LogP contribution in [-0.2, 0) is 9.59 Å². The van der Waals surface area contributed by atoms with Crippen LogP contribution in [0.15, 0.2) is 29.2 Å². The smallest absolute Gasteiger partial charge is 0.250 e. The highest BCUT2D eigenvalue weighted by atomic mass is 32.2. The zero-order chi connectivity index (χ0) is 14.0. The average molecular weight is 278 g/mol. The quantitative estimate of drug-likeness (QED) is 0.859. The van der Waals surface area contributed by atoms with E-state index in [-0.39, 0.29) is 24.3 Å². The SMILES string of the molecule is CSc1cccc(N2CC(=O)NC(C(C)C)C2=O)c1. The van der Waals surface area contributed by atoms with Crippen molar-refractivity contribution in [3.63, 3.8) is 0 Å². The second-order valence-electron chi connectivity index (χ2n) is 4.92. The highest BCUT2D eigenvalue weighted by Crippen LogP contribution is 2.24. The zero-order valence-corrected chi connectivity index (χ0v) is 12.2. The van der Waals surface area contributed by atoms with Gasteiger partial charge in [-0.2, -0.15) is 0 Å². The first-order valence-corrected chi connectivity index (χ1v) is 7.50. The number of carbonyl (C=O) groups excluding carboxylic acids is 2. The largest absolute Gasteiger partial charge is 0.342 e. The van der Waals surface area contributed by atoms with E-state index < -0.39 is 6.04 Å². The highest BCUT2D eigenvalue weighted by Gasteiger charge is 2.35. The molecule has 1 atom stereocenters. The molecule has 1 aliphatic rings. The van der Waals surface area contributed by atoms with Gasteiger partial charge in [-0.05, 0) is 30.4 Å². The van der Waals surface area contributed by atoms with E-state index >= 15 is 0 Å². The van der Waals surface area contributed by atoms with Crippen LogP contribution in [0.4, 0.5) is 5.69 Å². The van der Waals surface area contributed by atoms with Crippen LogP contribution in [0.25, 0.3) is 0 Å². The molecule has 102 valence electrons. The Bertz CT molecular complexity index is 502. The molecule has 1 N–H and O–H groups in total. The van der Waals surface area contributed by atoms with Crippen LogP contribution >= 0.6 is 11.8 Å². The first-order chi connectivity index (χ1) is 9.02. The monoisotopic (exact) mass is 278 g/mol. The second-order valence-corrected chi connectivity index (χ2v) is 5.79. The lowest BCUT2D eigenvalue weighted by Crippen LogP contribution is -2.60. The van der Waals surface area contributed by atoms with Gasteiger partial charge in [0, 0.05) is 10.6 Å². The summed E-state index contributed by atoms with van der Waals surface area (Å²) in [6.45, 7) is 3.97. The fourth-order valence-corrected chi connectivity index (χ4v) is 2.57. The maximum absolute atomic E-state index is 12.4. The summed E-state index contributed by atoms with van der Waals surface area (Å²) in [6, 6.07) is 7.28. The molecule has 19 heavy (non-hydrogen) atoms. The van der Waals surface area contributed by atoms with Gasteiger partial charge in [0.15, 0.2) is 0 Å². The number of benzene rings is 1. The van der Waals surface area contributed by atoms with Crippen molar-refractivity contribution in [1.29, 1.82) is 0 Å². The van der Waals surface area contributed by atoms with Gasteiger partial charge in [-0.3, -0.25) is 9.59 Å². The Kier molecular flexibility index (Phi) is 4.14. The van der Waals surface area contributed by atoms with Gasteiger partial charge >= 0.3 is 0 Å². The van der Waals surface area contributed by atoms with E-state index in [1.807, 2.05) is 44.4 Å². The van der Waals surface area contributed by atoms with Crippen molar-refractivity contribution in [3.05, 3.63) is 24.3 Å². The van der Waals surface area contributed by atoms with Crippen molar-refractivity contribution in [3.8, 4) is 0 Å². The zero-order valence-electron chi connectivity index (χ0n) is 11.3. The number of piperazine rings is 1. The third-order valence-corrected chi connectivity index (χ3v) is 3.91. The van der Waals surface area contributed by atoms with E-state index in [4.69, 9.17) is 0 Å². The molecule has 1 aliphatic heterocycles. The summed E-state index contributed by atoms with van der Waals surface area (Å²) in [4.78, 5) is 26.8. The van der Waals surface area contributed by atoms with Gasteiger partial charge in [-0.15, -0.1) is 11.8 Å². The lowest BCUT2D eigenvalue weighted by atomic mass is 10.0. The van der Waals surface area contributed by atoms with E-state index in [9.17, 15) is 9.59 Å². The Morgan fingerprint density at radius 2 is 2.11 bits per heavy atom. The molecule has 1 fully saturated rings. The molecule has 4 nitrogen and oxygen atoms in total. The van der Waals surface area contributed by atoms with Crippen LogP contribution in [0, 0.1) is 5.92 Å². The normalized spacial score (nSPS) is 19.8. The first-order valence-electron chi connectivity index (χ1n) is 6.27. The number of carbonyl (C=O) groups is 2. The molecule has 5 heteroatoms. The molecule has 0 saturated carbocycles. The first kappa shape index (κ1) is 13.9. The van der Waals surface area contributed by atoms with Crippen LogP contribution in [0.3, 0.4) is 0 Å². The van der Waals surface area contributed by atoms with Gasteiger partial charge in [0.25, 0.3) is 0 Å². The molecule has 1 unspecified atom stereocenters. The number of amides is 2. The number of nitrogens with zero attached hydrogens (tertiary/aromatic N) is 1. The number of hydrogen-bond acceptors (Lipinski definition) is 3. The summed E-state index contributed by atoms with van der Waals surface area (Å²) in [5.74, 6) is -0.0521. The Labute approximate surface area is 117 Å². The van der Waals surface area contributed by atoms with Gasteiger partial charge in [0.2, 0.25) is 11.8 Å². The minimum atomic E-state index is -0.431. The molecule has 0 bridgehead atoms. The van der Waals surface area contributed by atoms with Crippen LogP contribution in [0.2, 0.25) is 0 Å². The van der Waals surface area contributed by atoms with E-state index in [2.05, 4.69) is 5.32 Å². The Morgan fingerprint density at radius 3 is 2.74 bits per heavy atom. The van der Waals surface area contributed by atoms with E-state index in [0.717, 1.165) is 10.6 Å². The molecule has 2 rings (SSSR count). The van der Waals surface area contributed by atoms with Crippen molar-refractivity contribution in [2.75, 3.05) is 17.7 Å². The third kappa shape index (κ3) is 2.92. The number of nitrogens with one attached hydrogen (secondary N) is 1. The standard InChI is InChI=1S/C14H18N2O2S/c1-9(2)13-14(18)16(8-12(17)15-13)10-5-4-6-11(7-10)19-3/h4-7,9,13H,8H2,1-3H3,(H,15,17). The van der Waals surface area contributed by atoms with E-state index in [1.165, 1.54) is 0 Å². The van der Waals surface area contributed by atoms with Gasteiger partial charge in [-0.1, -0.05) is 19.9 Å². The Hall–Kier alpha value is -1.49. The lowest BCUT2D eigenvalue weighted by Gasteiger charge is -2.34. The van der Waals surface area contributed by atoms with Crippen molar-refractivity contribution in [1.82, 2.24) is 5.32 Å². The van der Waals surface area contributed by atoms with Gasteiger partial charge < -0.3 is 10.2 Å².